The highest BCUT2D eigenvalue weighted by atomic mass is 35.5. The minimum atomic E-state index is 0.383. The van der Waals surface area contributed by atoms with Gasteiger partial charge in [-0.05, 0) is 31.0 Å². The SMILES string of the molecule is Nc1c(-c2cc(Cl)ccc2Cl)nc(C2CCCC2)n1N. The summed E-state index contributed by atoms with van der Waals surface area (Å²) in [7, 11) is 0. The predicted octanol–water partition coefficient (Wildman–Crippen LogP) is 3.81. The minimum Gasteiger partial charge on any atom is -0.382 e. The van der Waals surface area contributed by atoms with E-state index in [9.17, 15) is 0 Å². The first-order chi connectivity index (χ1) is 9.58. The van der Waals surface area contributed by atoms with Crippen LogP contribution in [0, 0.1) is 0 Å². The summed E-state index contributed by atoms with van der Waals surface area (Å²) >= 11 is 12.2. The first-order valence-electron chi connectivity index (χ1n) is 6.66. The average Bonchev–Trinajstić information content (AvgIpc) is 3.04. The summed E-state index contributed by atoms with van der Waals surface area (Å²) in [5.74, 6) is 7.71. The molecule has 1 heterocycles. The average molecular weight is 311 g/mol. The van der Waals surface area contributed by atoms with E-state index >= 15 is 0 Å². The van der Waals surface area contributed by atoms with Crippen LogP contribution in [-0.4, -0.2) is 9.66 Å². The number of hydrogen-bond donors (Lipinski definition) is 2. The molecule has 0 amide bonds. The molecule has 0 bridgehead atoms. The van der Waals surface area contributed by atoms with E-state index in [1.807, 2.05) is 0 Å². The van der Waals surface area contributed by atoms with Crippen LogP contribution < -0.4 is 11.6 Å². The number of nitrogen functional groups attached to an aromatic ring is 2. The normalized spacial score (nSPS) is 15.9. The van der Waals surface area contributed by atoms with Gasteiger partial charge in [0.1, 0.15) is 11.5 Å². The summed E-state index contributed by atoms with van der Waals surface area (Å²) in [6.45, 7) is 0. The Labute approximate surface area is 127 Å². The van der Waals surface area contributed by atoms with Crippen LogP contribution in [0.1, 0.15) is 37.4 Å². The summed E-state index contributed by atoms with van der Waals surface area (Å²) in [5, 5.41) is 1.16. The molecule has 1 aromatic carbocycles. The maximum atomic E-state index is 6.22. The zero-order chi connectivity index (χ0) is 14.3. The van der Waals surface area contributed by atoms with Crippen molar-refractivity contribution in [2.24, 2.45) is 0 Å². The molecule has 3 rings (SSSR count). The molecule has 4 nitrogen and oxygen atoms in total. The zero-order valence-electron chi connectivity index (χ0n) is 10.9. The lowest BCUT2D eigenvalue weighted by Gasteiger charge is -2.08. The van der Waals surface area contributed by atoms with Gasteiger partial charge in [-0.3, -0.25) is 0 Å². The number of rotatable bonds is 2. The molecule has 20 heavy (non-hydrogen) atoms. The summed E-state index contributed by atoms with van der Waals surface area (Å²) in [4.78, 5) is 4.63. The lowest BCUT2D eigenvalue weighted by atomic mass is 10.1. The van der Waals surface area contributed by atoms with Crippen LogP contribution in [0.25, 0.3) is 11.3 Å². The van der Waals surface area contributed by atoms with Gasteiger partial charge >= 0.3 is 0 Å². The molecule has 0 unspecified atom stereocenters. The maximum Gasteiger partial charge on any atom is 0.150 e. The zero-order valence-corrected chi connectivity index (χ0v) is 12.5. The van der Waals surface area contributed by atoms with Crippen LogP contribution in [0.15, 0.2) is 18.2 Å². The van der Waals surface area contributed by atoms with E-state index in [0.717, 1.165) is 24.2 Å². The van der Waals surface area contributed by atoms with Gasteiger partial charge in [0, 0.05) is 16.5 Å². The summed E-state index contributed by atoms with van der Waals surface area (Å²) < 4.78 is 1.49. The van der Waals surface area contributed by atoms with Gasteiger partial charge in [0.2, 0.25) is 0 Å². The topological polar surface area (TPSA) is 69.9 Å². The first kappa shape index (κ1) is 13.6. The molecule has 1 aliphatic rings. The molecule has 0 atom stereocenters. The Hall–Kier alpha value is -1.39. The van der Waals surface area contributed by atoms with Gasteiger partial charge in [0.05, 0.1) is 5.02 Å². The summed E-state index contributed by atoms with van der Waals surface area (Å²) in [5.41, 5.74) is 7.43. The Balaban J connectivity index is 2.10. The van der Waals surface area contributed by atoms with E-state index in [4.69, 9.17) is 34.8 Å². The molecule has 0 radical (unpaired) electrons. The van der Waals surface area contributed by atoms with Crippen molar-refractivity contribution in [3.63, 3.8) is 0 Å². The van der Waals surface area contributed by atoms with Gasteiger partial charge < -0.3 is 11.6 Å². The van der Waals surface area contributed by atoms with Crippen LogP contribution in [0.5, 0.6) is 0 Å². The van der Waals surface area contributed by atoms with Crippen LogP contribution in [-0.2, 0) is 0 Å². The van der Waals surface area contributed by atoms with Gasteiger partial charge in [-0.25, -0.2) is 9.66 Å². The van der Waals surface area contributed by atoms with Crippen LogP contribution in [0.3, 0.4) is 0 Å². The molecule has 6 heteroatoms. The van der Waals surface area contributed by atoms with E-state index in [1.165, 1.54) is 17.5 Å². The minimum absolute atomic E-state index is 0.383. The van der Waals surface area contributed by atoms with Gasteiger partial charge in [0.15, 0.2) is 5.82 Å². The van der Waals surface area contributed by atoms with Gasteiger partial charge in [-0.1, -0.05) is 36.0 Å². The van der Waals surface area contributed by atoms with E-state index in [1.54, 1.807) is 18.2 Å². The molecule has 0 saturated heterocycles. The van der Waals surface area contributed by atoms with E-state index < -0.39 is 0 Å². The van der Waals surface area contributed by atoms with Gasteiger partial charge in [-0.2, -0.15) is 0 Å². The van der Waals surface area contributed by atoms with E-state index in [2.05, 4.69) is 4.98 Å². The lowest BCUT2D eigenvalue weighted by Crippen LogP contribution is -2.17. The molecule has 4 N–H and O–H groups in total. The quantitative estimate of drug-likeness (QED) is 0.829. The molecule has 1 aromatic heterocycles. The van der Waals surface area contributed by atoms with Crippen molar-refractivity contribution in [3.8, 4) is 11.3 Å². The van der Waals surface area contributed by atoms with E-state index in [-0.39, 0.29) is 0 Å². The molecule has 1 aliphatic carbocycles. The molecule has 106 valence electrons. The second-order valence-electron chi connectivity index (χ2n) is 5.18. The Morgan fingerprint density at radius 3 is 2.60 bits per heavy atom. The highest BCUT2D eigenvalue weighted by molar-refractivity contribution is 6.35. The van der Waals surface area contributed by atoms with Crippen molar-refractivity contribution < 1.29 is 0 Å². The number of halogens is 2. The highest BCUT2D eigenvalue weighted by Gasteiger charge is 2.25. The summed E-state index contributed by atoms with van der Waals surface area (Å²) in [6.07, 6.45) is 4.64. The Morgan fingerprint density at radius 1 is 1.20 bits per heavy atom. The Kier molecular flexibility index (Phi) is 3.52. The molecule has 1 saturated carbocycles. The third-order valence-electron chi connectivity index (χ3n) is 3.88. The van der Waals surface area contributed by atoms with Gasteiger partial charge in [-0.15, -0.1) is 0 Å². The van der Waals surface area contributed by atoms with Crippen molar-refractivity contribution >= 4 is 29.0 Å². The standard InChI is InChI=1S/C14H16Cl2N4/c15-9-5-6-11(16)10(7-9)12-13(17)20(18)14(19-12)8-3-1-2-4-8/h5-8H,1-4,17-18H2. The number of nitrogens with zero attached hydrogens (tertiary/aromatic N) is 2. The molecule has 0 aliphatic heterocycles. The second-order valence-corrected chi connectivity index (χ2v) is 6.02. The number of anilines is 1. The van der Waals surface area contributed by atoms with Crippen LogP contribution in [0.4, 0.5) is 5.82 Å². The third-order valence-corrected chi connectivity index (χ3v) is 4.44. The fraction of sp³-hybridized carbons (Fsp3) is 0.357. The molecule has 1 fully saturated rings. The van der Waals surface area contributed by atoms with E-state index in [0.29, 0.717) is 27.5 Å². The highest BCUT2D eigenvalue weighted by Crippen LogP contribution is 2.38. The van der Waals surface area contributed by atoms with Crippen LogP contribution >= 0.6 is 23.2 Å². The van der Waals surface area contributed by atoms with Gasteiger partial charge in [0.25, 0.3) is 0 Å². The second kappa shape index (κ2) is 5.19. The monoisotopic (exact) mass is 310 g/mol. The Morgan fingerprint density at radius 2 is 1.90 bits per heavy atom. The molecule has 0 spiro atoms. The van der Waals surface area contributed by atoms with Crippen molar-refractivity contribution in [2.75, 3.05) is 11.6 Å². The maximum absolute atomic E-state index is 6.22. The Bertz CT molecular complexity index is 645. The third kappa shape index (κ3) is 2.23. The predicted molar refractivity (Wildman–Crippen MR) is 83.5 cm³/mol. The summed E-state index contributed by atoms with van der Waals surface area (Å²) in [6, 6.07) is 5.24. The first-order valence-corrected chi connectivity index (χ1v) is 7.42. The lowest BCUT2D eigenvalue weighted by molar-refractivity contribution is 0.648. The van der Waals surface area contributed by atoms with Crippen molar-refractivity contribution in [1.29, 1.82) is 0 Å². The molecular weight excluding hydrogens is 295 g/mol. The smallest absolute Gasteiger partial charge is 0.150 e. The van der Waals surface area contributed by atoms with Crippen LogP contribution in [0.2, 0.25) is 10.0 Å². The number of imidazole rings is 1. The molecule has 2 aromatic rings. The fourth-order valence-corrected chi connectivity index (χ4v) is 3.19. The van der Waals surface area contributed by atoms with Crippen molar-refractivity contribution in [2.45, 2.75) is 31.6 Å². The van der Waals surface area contributed by atoms with Crippen molar-refractivity contribution in [3.05, 3.63) is 34.1 Å². The number of hydrogen-bond acceptors (Lipinski definition) is 3. The number of aromatic nitrogens is 2. The molecular formula is C14H16Cl2N4. The fourth-order valence-electron chi connectivity index (χ4n) is 2.81. The number of benzene rings is 1. The largest absolute Gasteiger partial charge is 0.382 e. The van der Waals surface area contributed by atoms with Crippen molar-refractivity contribution in [1.82, 2.24) is 9.66 Å². The number of nitrogens with two attached hydrogens (primary N) is 2.